The number of anilines is 1. The van der Waals surface area contributed by atoms with Gasteiger partial charge in [-0.3, -0.25) is 0 Å². The molecule has 1 N–H and O–H groups in total. The van der Waals surface area contributed by atoms with Gasteiger partial charge in [-0.2, -0.15) is 0 Å². The molecule has 9 nitrogen and oxygen atoms in total. The van der Waals surface area contributed by atoms with Crippen LogP contribution < -0.4 is 24.4 Å². The maximum absolute atomic E-state index is 12.7. The van der Waals surface area contributed by atoms with Crippen LogP contribution in [0.2, 0.25) is 0 Å². The first-order valence-corrected chi connectivity index (χ1v) is 9.90. The highest BCUT2D eigenvalue weighted by molar-refractivity contribution is 5.74. The molecule has 1 aliphatic heterocycles. The molecule has 1 unspecified atom stereocenters. The van der Waals surface area contributed by atoms with Crippen molar-refractivity contribution < 1.29 is 19.0 Å². The molecule has 1 atom stereocenters. The van der Waals surface area contributed by atoms with Crippen molar-refractivity contribution in [1.29, 1.82) is 0 Å². The number of likely N-dealkylation sites (tertiary alicyclic amines) is 1. The topological polar surface area (TPSA) is 89.0 Å². The predicted octanol–water partition coefficient (Wildman–Crippen LogP) is 2.31. The van der Waals surface area contributed by atoms with Gasteiger partial charge >= 0.3 is 6.03 Å². The molecule has 0 saturated carbocycles. The van der Waals surface area contributed by atoms with Crippen LogP contribution in [-0.4, -0.2) is 68.4 Å². The molecule has 2 aromatic rings. The fraction of sp³-hybridized carbons (Fsp3) is 0.476. The van der Waals surface area contributed by atoms with Crippen molar-refractivity contribution in [3.8, 4) is 17.4 Å². The van der Waals surface area contributed by atoms with E-state index in [9.17, 15) is 4.79 Å². The SMILES string of the molecule is COc1ccc(CNC(=O)N2CCCC(Oc3nccnc3N(C)C)C2)cc1OC. The summed E-state index contributed by atoms with van der Waals surface area (Å²) in [7, 11) is 6.97. The third-order valence-corrected chi connectivity index (χ3v) is 4.91. The first-order chi connectivity index (χ1) is 14.5. The van der Waals surface area contributed by atoms with Crippen LogP contribution in [-0.2, 0) is 6.54 Å². The Kier molecular flexibility index (Phi) is 7.16. The van der Waals surface area contributed by atoms with Gasteiger partial charge in [-0.1, -0.05) is 6.07 Å². The lowest BCUT2D eigenvalue weighted by Crippen LogP contribution is -2.48. The van der Waals surface area contributed by atoms with E-state index in [1.807, 2.05) is 37.2 Å². The number of piperidine rings is 1. The highest BCUT2D eigenvalue weighted by atomic mass is 16.5. The number of nitrogens with zero attached hydrogens (tertiary/aromatic N) is 4. The molecular formula is C21H29N5O4. The summed E-state index contributed by atoms with van der Waals surface area (Å²) in [6.07, 6.45) is 4.85. The van der Waals surface area contributed by atoms with Crippen molar-refractivity contribution in [1.82, 2.24) is 20.2 Å². The zero-order valence-electron chi connectivity index (χ0n) is 17.9. The van der Waals surface area contributed by atoms with Crippen molar-refractivity contribution in [2.24, 2.45) is 0 Å². The van der Waals surface area contributed by atoms with Crippen LogP contribution in [0.1, 0.15) is 18.4 Å². The van der Waals surface area contributed by atoms with E-state index in [1.165, 1.54) is 0 Å². The maximum Gasteiger partial charge on any atom is 0.317 e. The monoisotopic (exact) mass is 415 g/mol. The van der Waals surface area contributed by atoms with Gasteiger partial charge in [-0.25, -0.2) is 14.8 Å². The number of methoxy groups -OCH3 is 2. The van der Waals surface area contributed by atoms with Gasteiger partial charge in [0.2, 0.25) is 0 Å². The normalized spacial score (nSPS) is 16.0. The number of aromatic nitrogens is 2. The molecule has 1 fully saturated rings. The molecule has 0 bridgehead atoms. The molecule has 0 spiro atoms. The summed E-state index contributed by atoms with van der Waals surface area (Å²) in [6.45, 7) is 1.59. The van der Waals surface area contributed by atoms with Gasteiger partial charge in [0.05, 0.1) is 20.8 Å². The Bertz CT molecular complexity index is 861. The summed E-state index contributed by atoms with van der Waals surface area (Å²) >= 11 is 0. The van der Waals surface area contributed by atoms with Crippen molar-refractivity contribution in [3.05, 3.63) is 36.2 Å². The summed E-state index contributed by atoms with van der Waals surface area (Å²) in [5.74, 6) is 2.45. The zero-order valence-corrected chi connectivity index (χ0v) is 17.9. The molecule has 0 radical (unpaired) electrons. The number of amides is 2. The molecule has 3 rings (SSSR count). The highest BCUT2D eigenvalue weighted by Crippen LogP contribution is 2.27. The number of urea groups is 1. The van der Waals surface area contributed by atoms with Crippen LogP contribution in [0.5, 0.6) is 17.4 Å². The van der Waals surface area contributed by atoms with Crippen LogP contribution in [0.3, 0.4) is 0 Å². The predicted molar refractivity (Wildman–Crippen MR) is 113 cm³/mol. The third kappa shape index (κ3) is 5.22. The number of rotatable bonds is 7. The number of hydrogen-bond donors (Lipinski definition) is 1. The summed E-state index contributed by atoms with van der Waals surface area (Å²) in [4.78, 5) is 24.9. The Morgan fingerprint density at radius 2 is 1.97 bits per heavy atom. The zero-order chi connectivity index (χ0) is 21.5. The number of ether oxygens (including phenoxy) is 3. The Hall–Kier alpha value is -3.23. The quantitative estimate of drug-likeness (QED) is 0.742. The molecule has 2 amide bonds. The van der Waals surface area contributed by atoms with Crippen molar-refractivity contribution >= 4 is 11.8 Å². The summed E-state index contributed by atoms with van der Waals surface area (Å²) < 4.78 is 16.6. The second kappa shape index (κ2) is 10.00. The van der Waals surface area contributed by atoms with E-state index in [-0.39, 0.29) is 12.1 Å². The number of nitrogens with one attached hydrogen (secondary N) is 1. The van der Waals surface area contributed by atoms with Crippen LogP contribution >= 0.6 is 0 Å². The molecular weight excluding hydrogens is 386 g/mol. The van der Waals surface area contributed by atoms with Gasteiger partial charge in [0.25, 0.3) is 5.88 Å². The molecule has 1 saturated heterocycles. The molecule has 0 aliphatic carbocycles. The number of carbonyl (C=O) groups is 1. The van der Waals surface area contributed by atoms with Crippen LogP contribution in [0, 0.1) is 0 Å². The Labute approximate surface area is 177 Å². The number of benzene rings is 1. The molecule has 1 aromatic carbocycles. The number of hydrogen-bond acceptors (Lipinski definition) is 7. The second-order valence-electron chi connectivity index (χ2n) is 7.26. The van der Waals surface area contributed by atoms with Gasteiger partial charge in [0.15, 0.2) is 17.3 Å². The maximum atomic E-state index is 12.7. The van der Waals surface area contributed by atoms with Gasteiger partial charge < -0.3 is 29.3 Å². The molecule has 2 heterocycles. The minimum absolute atomic E-state index is 0.120. The highest BCUT2D eigenvalue weighted by Gasteiger charge is 2.26. The van der Waals surface area contributed by atoms with E-state index in [2.05, 4.69) is 15.3 Å². The third-order valence-electron chi connectivity index (χ3n) is 4.91. The van der Waals surface area contributed by atoms with Crippen LogP contribution in [0.25, 0.3) is 0 Å². The van der Waals surface area contributed by atoms with E-state index in [0.717, 1.165) is 18.4 Å². The average Bonchev–Trinajstić information content (AvgIpc) is 2.77. The van der Waals surface area contributed by atoms with Crippen LogP contribution in [0.4, 0.5) is 10.6 Å². The van der Waals surface area contributed by atoms with E-state index in [1.54, 1.807) is 31.5 Å². The summed E-state index contributed by atoms with van der Waals surface area (Å²) in [5.41, 5.74) is 0.931. The Balaban J connectivity index is 1.57. The minimum atomic E-state index is -0.124. The lowest BCUT2D eigenvalue weighted by Gasteiger charge is -2.33. The van der Waals surface area contributed by atoms with Crippen molar-refractivity contribution in [3.63, 3.8) is 0 Å². The Morgan fingerprint density at radius 3 is 2.70 bits per heavy atom. The minimum Gasteiger partial charge on any atom is -0.493 e. The van der Waals surface area contributed by atoms with Crippen molar-refractivity contribution in [2.75, 3.05) is 46.3 Å². The molecule has 1 aromatic heterocycles. The van der Waals surface area contributed by atoms with Gasteiger partial charge in [0.1, 0.15) is 6.10 Å². The largest absolute Gasteiger partial charge is 0.493 e. The van der Waals surface area contributed by atoms with Crippen LogP contribution in [0.15, 0.2) is 30.6 Å². The van der Waals surface area contributed by atoms with Crippen molar-refractivity contribution in [2.45, 2.75) is 25.5 Å². The molecule has 30 heavy (non-hydrogen) atoms. The number of carbonyl (C=O) groups excluding carboxylic acids is 1. The lowest BCUT2D eigenvalue weighted by atomic mass is 10.1. The first-order valence-electron chi connectivity index (χ1n) is 9.90. The molecule has 1 aliphatic rings. The van der Waals surface area contributed by atoms with Gasteiger partial charge in [0, 0.05) is 39.6 Å². The second-order valence-corrected chi connectivity index (χ2v) is 7.26. The fourth-order valence-corrected chi connectivity index (χ4v) is 3.36. The van der Waals surface area contributed by atoms with E-state index in [4.69, 9.17) is 14.2 Å². The van der Waals surface area contributed by atoms with Gasteiger partial charge in [-0.15, -0.1) is 0 Å². The Morgan fingerprint density at radius 1 is 1.20 bits per heavy atom. The van der Waals surface area contributed by atoms with E-state index >= 15 is 0 Å². The lowest BCUT2D eigenvalue weighted by molar-refractivity contribution is 0.0978. The summed E-state index contributed by atoms with van der Waals surface area (Å²) in [6, 6.07) is 5.47. The fourth-order valence-electron chi connectivity index (χ4n) is 3.36. The molecule has 9 heteroatoms. The van der Waals surface area contributed by atoms with Gasteiger partial charge in [-0.05, 0) is 30.5 Å². The summed E-state index contributed by atoms with van der Waals surface area (Å²) in [5, 5.41) is 2.97. The average molecular weight is 415 g/mol. The first kappa shape index (κ1) is 21.5. The van der Waals surface area contributed by atoms with E-state index < -0.39 is 0 Å². The standard InChI is InChI=1S/C21H29N5O4/c1-25(2)19-20(23-10-9-22-19)30-16-6-5-11-26(14-16)21(27)24-13-15-7-8-17(28-3)18(12-15)29-4/h7-10,12,16H,5-6,11,13-14H2,1-4H3,(H,24,27). The molecule has 162 valence electrons. The smallest absolute Gasteiger partial charge is 0.317 e. The van der Waals surface area contributed by atoms with E-state index in [0.29, 0.717) is 42.8 Å².